The molecule has 8 heteroatoms. The largest absolute Gasteiger partial charge is 0.435 e. The van der Waals surface area contributed by atoms with E-state index in [1.807, 2.05) is 0 Å². The standard InChI is InChI=1S/C10H7ClF3N3.ClH/c11-6-2-1-3-7(4-6)17-9(10(12,13)14)8(15)5-16-17;/h1-5H,15H2;1H. The zero-order chi connectivity index (χ0) is 12.6. The Labute approximate surface area is 112 Å². The van der Waals surface area contributed by atoms with Crippen LogP contribution in [0.2, 0.25) is 5.02 Å². The number of aromatic nitrogens is 2. The molecule has 0 saturated carbocycles. The van der Waals surface area contributed by atoms with Gasteiger partial charge in [-0.05, 0) is 18.2 Å². The first kappa shape index (κ1) is 14.7. The molecule has 98 valence electrons. The highest BCUT2D eigenvalue weighted by molar-refractivity contribution is 6.30. The van der Waals surface area contributed by atoms with Crippen molar-refractivity contribution in [2.75, 3.05) is 5.73 Å². The molecular formula is C10H8Cl2F3N3. The Morgan fingerprint density at radius 3 is 2.50 bits per heavy atom. The van der Waals surface area contributed by atoms with Gasteiger partial charge in [-0.1, -0.05) is 17.7 Å². The van der Waals surface area contributed by atoms with Gasteiger partial charge in [0.05, 0.1) is 17.6 Å². The van der Waals surface area contributed by atoms with Gasteiger partial charge in [0.15, 0.2) is 5.69 Å². The van der Waals surface area contributed by atoms with Crippen molar-refractivity contribution < 1.29 is 13.2 Å². The highest BCUT2D eigenvalue weighted by atomic mass is 35.5. The zero-order valence-electron chi connectivity index (χ0n) is 8.78. The van der Waals surface area contributed by atoms with Gasteiger partial charge in [0, 0.05) is 5.02 Å². The molecule has 18 heavy (non-hydrogen) atoms. The molecule has 1 heterocycles. The minimum absolute atomic E-state index is 0. The number of halogens is 5. The van der Waals surface area contributed by atoms with E-state index in [-0.39, 0.29) is 18.1 Å². The van der Waals surface area contributed by atoms with Gasteiger partial charge >= 0.3 is 6.18 Å². The normalized spacial score (nSPS) is 11.1. The Bertz CT molecular complexity index is 552. The topological polar surface area (TPSA) is 43.8 Å². The van der Waals surface area contributed by atoms with E-state index in [1.54, 1.807) is 6.07 Å². The second-order valence-electron chi connectivity index (χ2n) is 3.34. The molecule has 1 aromatic heterocycles. The van der Waals surface area contributed by atoms with Gasteiger partial charge in [-0.2, -0.15) is 18.3 Å². The summed E-state index contributed by atoms with van der Waals surface area (Å²) in [6.45, 7) is 0. The van der Waals surface area contributed by atoms with Crippen molar-refractivity contribution in [3.05, 3.63) is 41.2 Å². The van der Waals surface area contributed by atoms with Crippen LogP contribution in [-0.4, -0.2) is 9.78 Å². The average molecular weight is 298 g/mol. The van der Waals surface area contributed by atoms with Crippen LogP contribution in [0.3, 0.4) is 0 Å². The summed E-state index contributed by atoms with van der Waals surface area (Å²) in [4.78, 5) is 0. The molecule has 0 aliphatic carbocycles. The van der Waals surface area contributed by atoms with Crippen molar-refractivity contribution in [2.24, 2.45) is 0 Å². The average Bonchev–Trinajstić information content (AvgIpc) is 2.59. The van der Waals surface area contributed by atoms with E-state index in [4.69, 9.17) is 17.3 Å². The van der Waals surface area contributed by atoms with Gasteiger partial charge in [0.2, 0.25) is 0 Å². The molecule has 2 N–H and O–H groups in total. The van der Waals surface area contributed by atoms with E-state index < -0.39 is 17.6 Å². The van der Waals surface area contributed by atoms with Gasteiger partial charge in [-0.25, -0.2) is 4.68 Å². The third-order valence-corrected chi connectivity index (χ3v) is 2.35. The third-order valence-electron chi connectivity index (χ3n) is 2.12. The number of alkyl halides is 3. The molecule has 0 fully saturated rings. The number of nitrogens with zero attached hydrogens (tertiary/aromatic N) is 2. The van der Waals surface area contributed by atoms with E-state index >= 15 is 0 Å². The minimum atomic E-state index is -4.57. The van der Waals surface area contributed by atoms with Gasteiger partial charge < -0.3 is 5.73 Å². The Morgan fingerprint density at radius 2 is 1.94 bits per heavy atom. The maximum absolute atomic E-state index is 12.8. The first-order valence-corrected chi connectivity index (χ1v) is 4.94. The maximum Gasteiger partial charge on any atom is 0.435 e. The van der Waals surface area contributed by atoms with Crippen LogP contribution in [-0.2, 0) is 6.18 Å². The maximum atomic E-state index is 12.8. The number of nitrogens with two attached hydrogens (primary N) is 1. The number of rotatable bonds is 1. The molecule has 0 amide bonds. The monoisotopic (exact) mass is 297 g/mol. The Morgan fingerprint density at radius 1 is 1.28 bits per heavy atom. The van der Waals surface area contributed by atoms with Crippen molar-refractivity contribution in [3.63, 3.8) is 0 Å². The lowest BCUT2D eigenvalue weighted by atomic mass is 10.3. The molecule has 0 spiro atoms. The summed E-state index contributed by atoms with van der Waals surface area (Å²) >= 11 is 5.71. The first-order valence-electron chi connectivity index (χ1n) is 4.56. The number of nitrogen functional groups attached to an aromatic ring is 1. The molecule has 0 aliphatic heterocycles. The second-order valence-corrected chi connectivity index (χ2v) is 3.77. The number of anilines is 1. The summed E-state index contributed by atoms with van der Waals surface area (Å²) in [6, 6.07) is 5.94. The molecule has 0 unspecified atom stereocenters. The van der Waals surface area contributed by atoms with Crippen LogP contribution in [0.1, 0.15) is 5.69 Å². The Kier molecular flexibility index (Phi) is 4.13. The van der Waals surface area contributed by atoms with Crippen LogP contribution in [0.5, 0.6) is 0 Å². The lowest BCUT2D eigenvalue weighted by Gasteiger charge is -2.11. The molecule has 2 rings (SSSR count). The smallest absolute Gasteiger partial charge is 0.396 e. The fourth-order valence-corrected chi connectivity index (χ4v) is 1.63. The van der Waals surface area contributed by atoms with Crippen molar-refractivity contribution in [1.82, 2.24) is 9.78 Å². The van der Waals surface area contributed by atoms with Gasteiger partial charge in [-0.3, -0.25) is 0 Å². The van der Waals surface area contributed by atoms with Crippen LogP contribution >= 0.6 is 24.0 Å². The van der Waals surface area contributed by atoms with Crippen LogP contribution in [0, 0.1) is 0 Å². The predicted molar refractivity (Wildman–Crippen MR) is 65.2 cm³/mol. The minimum Gasteiger partial charge on any atom is -0.396 e. The summed E-state index contributed by atoms with van der Waals surface area (Å²) in [5.74, 6) is 0. The molecule has 1 aromatic carbocycles. The van der Waals surface area contributed by atoms with Crippen LogP contribution in [0.4, 0.5) is 18.9 Å². The number of benzene rings is 1. The number of hydrogen-bond donors (Lipinski definition) is 1. The molecule has 0 saturated heterocycles. The molecule has 0 radical (unpaired) electrons. The van der Waals surface area contributed by atoms with Crippen molar-refractivity contribution >= 4 is 29.7 Å². The Balaban J connectivity index is 0.00000162. The summed E-state index contributed by atoms with van der Waals surface area (Å²) in [6.07, 6.45) is -3.60. The molecule has 0 bridgehead atoms. The van der Waals surface area contributed by atoms with E-state index in [2.05, 4.69) is 5.10 Å². The first-order chi connectivity index (χ1) is 7.89. The highest BCUT2D eigenvalue weighted by Gasteiger charge is 2.38. The van der Waals surface area contributed by atoms with Crippen molar-refractivity contribution in [3.8, 4) is 5.69 Å². The summed E-state index contributed by atoms with van der Waals surface area (Å²) in [5, 5.41) is 3.93. The van der Waals surface area contributed by atoms with Crippen LogP contribution in [0.15, 0.2) is 30.5 Å². The van der Waals surface area contributed by atoms with Crippen LogP contribution in [0.25, 0.3) is 5.69 Å². The summed E-state index contributed by atoms with van der Waals surface area (Å²) in [7, 11) is 0. The SMILES string of the molecule is Cl.Nc1cnn(-c2cccc(Cl)c2)c1C(F)(F)F. The van der Waals surface area contributed by atoms with Crippen molar-refractivity contribution in [1.29, 1.82) is 0 Å². The molecule has 2 aromatic rings. The van der Waals surface area contributed by atoms with E-state index in [9.17, 15) is 13.2 Å². The molecular weight excluding hydrogens is 290 g/mol. The van der Waals surface area contributed by atoms with Gasteiger partial charge in [-0.15, -0.1) is 12.4 Å². The fourth-order valence-electron chi connectivity index (χ4n) is 1.45. The fraction of sp³-hybridized carbons (Fsp3) is 0.100. The molecule has 3 nitrogen and oxygen atoms in total. The van der Waals surface area contributed by atoms with E-state index in [0.717, 1.165) is 10.9 Å². The summed E-state index contributed by atoms with van der Waals surface area (Å²) in [5.41, 5.74) is 4.06. The lowest BCUT2D eigenvalue weighted by Crippen LogP contribution is -2.15. The van der Waals surface area contributed by atoms with Gasteiger partial charge in [0.25, 0.3) is 0 Å². The highest BCUT2D eigenvalue weighted by Crippen LogP contribution is 2.35. The Hall–Kier alpha value is -1.40. The van der Waals surface area contributed by atoms with E-state index in [1.165, 1.54) is 18.2 Å². The quantitative estimate of drug-likeness (QED) is 0.875. The van der Waals surface area contributed by atoms with Gasteiger partial charge in [0.1, 0.15) is 0 Å². The lowest BCUT2D eigenvalue weighted by molar-refractivity contribution is -0.142. The predicted octanol–water partition coefficient (Wildman–Crippen LogP) is 3.55. The zero-order valence-corrected chi connectivity index (χ0v) is 10.4. The van der Waals surface area contributed by atoms with E-state index in [0.29, 0.717) is 5.02 Å². The number of hydrogen-bond acceptors (Lipinski definition) is 2. The third kappa shape index (κ3) is 2.70. The molecule has 0 aliphatic rings. The van der Waals surface area contributed by atoms with Crippen LogP contribution < -0.4 is 5.73 Å². The summed E-state index contributed by atoms with van der Waals surface area (Å²) < 4.78 is 39.0. The molecule has 0 atom stereocenters. The second kappa shape index (κ2) is 5.07. The van der Waals surface area contributed by atoms with Crippen molar-refractivity contribution in [2.45, 2.75) is 6.18 Å².